The van der Waals surface area contributed by atoms with Crippen molar-refractivity contribution in [2.45, 2.75) is 10.2 Å². The Bertz CT molecular complexity index is 1370. The van der Waals surface area contributed by atoms with Gasteiger partial charge in [-0.25, -0.2) is 18.1 Å². The van der Waals surface area contributed by atoms with Crippen LogP contribution < -0.4 is 9.46 Å². The second-order valence-electron chi connectivity index (χ2n) is 6.66. The number of aromatic nitrogens is 5. The first-order chi connectivity index (χ1) is 14.5. The summed E-state index contributed by atoms with van der Waals surface area (Å²) in [5, 5.41) is 7.23. The normalized spacial score (nSPS) is 12.2. The number of aryl methyl sites for hydroxylation is 1. The molecule has 0 saturated heterocycles. The largest absolute Gasteiger partial charge is 0.514 e. The smallest absolute Gasteiger partial charge is 0.263 e. The third kappa shape index (κ3) is 4.42. The summed E-state index contributed by atoms with van der Waals surface area (Å²) in [6.45, 7) is 0. The fourth-order valence-electron chi connectivity index (χ4n) is 2.91. The molecule has 0 spiro atoms. The number of nitrogens with one attached hydrogen (secondary N) is 1. The average Bonchev–Trinajstić information content (AvgIpc) is 3.29. The summed E-state index contributed by atoms with van der Waals surface area (Å²) in [5.41, 5.74) is 0.521. The van der Waals surface area contributed by atoms with Crippen LogP contribution in [0.2, 0.25) is 5.02 Å². The van der Waals surface area contributed by atoms with E-state index in [9.17, 15) is 8.42 Å². The van der Waals surface area contributed by atoms with Crippen molar-refractivity contribution >= 4 is 61.8 Å². The predicted octanol–water partition coefficient (Wildman–Crippen LogP) is 1.10. The number of nitrogens with zero attached hydrogens (tertiary/aromatic N) is 5. The molecule has 0 saturated carbocycles. The minimum absolute atomic E-state index is 0.0305. The SMILES string of the molecule is [B]C([B])([B])Oc1ccc2cnn(C)c2c1NS(=O)(=O)c1ccc(-n2cc(Cl)cn2)nc1. The highest BCUT2D eigenvalue weighted by Crippen LogP contribution is 2.35. The molecule has 0 fully saturated rings. The number of hydrogen-bond donors (Lipinski definition) is 1. The van der Waals surface area contributed by atoms with E-state index in [1.54, 1.807) is 25.5 Å². The third-order valence-corrected chi connectivity index (χ3v) is 5.73. The van der Waals surface area contributed by atoms with Gasteiger partial charge in [-0.05, 0) is 29.6 Å². The van der Waals surface area contributed by atoms with E-state index in [1.165, 1.54) is 40.0 Å². The van der Waals surface area contributed by atoms with E-state index in [1.807, 2.05) is 0 Å². The van der Waals surface area contributed by atoms with Crippen LogP contribution in [0.1, 0.15) is 0 Å². The quantitative estimate of drug-likeness (QED) is 0.444. The zero-order chi connectivity index (χ0) is 22.4. The number of halogens is 1. The fourth-order valence-corrected chi connectivity index (χ4v) is 4.07. The molecule has 4 aromatic rings. The van der Waals surface area contributed by atoms with Crippen molar-refractivity contribution in [3.05, 3.63) is 54.1 Å². The summed E-state index contributed by atoms with van der Waals surface area (Å²) in [6, 6.07) is 6.03. The lowest BCUT2D eigenvalue weighted by Crippen LogP contribution is -2.37. The molecule has 0 unspecified atom stereocenters. The Kier molecular flexibility index (Phi) is 5.26. The summed E-state index contributed by atoms with van der Waals surface area (Å²) in [6.07, 6.45) is 5.75. The van der Waals surface area contributed by atoms with E-state index in [0.717, 1.165) is 0 Å². The molecule has 3 aromatic heterocycles. The molecule has 1 N–H and O–H groups in total. The van der Waals surface area contributed by atoms with Gasteiger partial charge in [0.1, 0.15) is 39.9 Å². The third-order valence-electron chi connectivity index (χ3n) is 4.20. The Morgan fingerprint density at radius 1 is 1.10 bits per heavy atom. The van der Waals surface area contributed by atoms with Gasteiger partial charge in [-0.3, -0.25) is 9.40 Å². The molecule has 6 radical (unpaired) electrons. The van der Waals surface area contributed by atoms with Gasteiger partial charge in [-0.2, -0.15) is 10.2 Å². The van der Waals surface area contributed by atoms with Crippen LogP contribution in [0, 0.1) is 0 Å². The summed E-state index contributed by atoms with van der Waals surface area (Å²) in [7, 11) is 14.2. The Morgan fingerprint density at radius 2 is 1.87 bits per heavy atom. The van der Waals surface area contributed by atoms with Crippen LogP contribution in [0.5, 0.6) is 5.75 Å². The van der Waals surface area contributed by atoms with Crippen LogP contribution in [0.25, 0.3) is 16.7 Å². The van der Waals surface area contributed by atoms with Gasteiger partial charge in [0.15, 0.2) is 5.82 Å². The fraction of sp³-hybridized carbons (Fsp3) is 0.118. The molecule has 0 aliphatic carbocycles. The van der Waals surface area contributed by atoms with E-state index in [4.69, 9.17) is 39.9 Å². The van der Waals surface area contributed by atoms with Crippen LogP contribution in [0.3, 0.4) is 0 Å². The molecule has 0 atom stereocenters. The van der Waals surface area contributed by atoms with Crippen molar-refractivity contribution in [3.63, 3.8) is 0 Å². The van der Waals surface area contributed by atoms with Crippen LogP contribution >= 0.6 is 11.6 Å². The molecule has 14 heteroatoms. The zero-order valence-electron chi connectivity index (χ0n) is 16.1. The minimum Gasteiger partial charge on any atom is -0.514 e. The Morgan fingerprint density at radius 3 is 2.48 bits per heavy atom. The molecule has 150 valence electrons. The zero-order valence-corrected chi connectivity index (χ0v) is 17.7. The topological polar surface area (TPSA) is 104 Å². The Balaban J connectivity index is 1.74. The summed E-state index contributed by atoms with van der Waals surface area (Å²) < 4.78 is 36.9. The maximum absolute atomic E-state index is 13.1. The highest BCUT2D eigenvalue weighted by Gasteiger charge is 2.23. The number of sulfonamides is 1. The van der Waals surface area contributed by atoms with Crippen LogP contribution in [0.4, 0.5) is 5.69 Å². The van der Waals surface area contributed by atoms with Crippen LogP contribution in [-0.4, -0.2) is 61.8 Å². The lowest BCUT2D eigenvalue weighted by atomic mass is 9.52. The predicted molar refractivity (Wildman–Crippen MR) is 119 cm³/mol. The summed E-state index contributed by atoms with van der Waals surface area (Å²) in [4.78, 5) is 4.04. The number of fused-ring (bicyclic) bond motifs is 1. The lowest BCUT2D eigenvalue weighted by molar-refractivity contribution is 0.320. The summed E-state index contributed by atoms with van der Waals surface area (Å²) in [5.74, 6) is 0.422. The van der Waals surface area contributed by atoms with Crippen molar-refractivity contribution < 1.29 is 13.2 Å². The molecule has 0 bridgehead atoms. The minimum atomic E-state index is -4.08. The van der Waals surface area contributed by atoms with E-state index in [2.05, 4.69) is 19.9 Å². The first-order valence-electron chi connectivity index (χ1n) is 8.73. The van der Waals surface area contributed by atoms with Crippen molar-refractivity contribution in [1.82, 2.24) is 24.5 Å². The number of ether oxygens (including phenoxy) is 1. The highest BCUT2D eigenvalue weighted by molar-refractivity contribution is 7.92. The van der Waals surface area contributed by atoms with Gasteiger partial charge in [0, 0.05) is 18.6 Å². The molecule has 31 heavy (non-hydrogen) atoms. The molecule has 0 amide bonds. The van der Waals surface area contributed by atoms with E-state index in [0.29, 0.717) is 21.7 Å². The number of rotatable bonds is 6. The van der Waals surface area contributed by atoms with Gasteiger partial charge >= 0.3 is 0 Å². The van der Waals surface area contributed by atoms with Crippen LogP contribution in [0.15, 0.2) is 53.9 Å². The maximum Gasteiger partial charge on any atom is 0.263 e. The first kappa shape index (κ1) is 21.3. The van der Waals surface area contributed by atoms with Crippen molar-refractivity contribution in [2.24, 2.45) is 7.05 Å². The van der Waals surface area contributed by atoms with Gasteiger partial charge in [-0.15, -0.1) is 0 Å². The van der Waals surface area contributed by atoms with Crippen molar-refractivity contribution in [1.29, 1.82) is 0 Å². The number of benzene rings is 1. The van der Waals surface area contributed by atoms with Crippen LogP contribution in [-0.2, 0) is 17.1 Å². The second kappa shape index (κ2) is 7.65. The van der Waals surface area contributed by atoms with E-state index < -0.39 is 15.3 Å². The van der Waals surface area contributed by atoms with Gasteiger partial charge in [0.25, 0.3) is 10.0 Å². The first-order valence-corrected chi connectivity index (χ1v) is 10.6. The molecule has 3 heterocycles. The lowest BCUT2D eigenvalue weighted by Gasteiger charge is -2.25. The average molecular weight is 448 g/mol. The number of anilines is 1. The molecule has 9 nitrogen and oxygen atoms in total. The maximum atomic E-state index is 13.1. The van der Waals surface area contributed by atoms with Gasteiger partial charge in [0.2, 0.25) is 0 Å². The molecular formula is C17H12B3ClN6O3S. The van der Waals surface area contributed by atoms with Gasteiger partial charge in [-0.1, -0.05) is 11.6 Å². The highest BCUT2D eigenvalue weighted by atomic mass is 35.5. The molecule has 0 aliphatic heterocycles. The van der Waals surface area contributed by atoms with Gasteiger partial charge in [0.05, 0.1) is 29.1 Å². The van der Waals surface area contributed by atoms with E-state index >= 15 is 0 Å². The summed E-state index contributed by atoms with van der Waals surface area (Å²) >= 11 is 5.85. The van der Waals surface area contributed by atoms with E-state index in [-0.39, 0.29) is 16.3 Å². The monoisotopic (exact) mass is 448 g/mol. The van der Waals surface area contributed by atoms with Crippen molar-refractivity contribution in [2.75, 3.05) is 4.72 Å². The standard InChI is InChI=1S/C17H12B3ClN6O3S/c1-26-16-10(6-23-26)2-4-13(30-17(18,19)20)15(16)25-31(28,29)12-3-5-14(22-8-12)27-9-11(21)7-24-27/h2-9,25H,1H3. The molecule has 0 aliphatic rings. The number of pyridine rings is 1. The Labute approximate surface area is 187 Å². The Hall–Kier alpha value is -2.92. The molecule has 1 aromatic carbocycles. The number of hydrogen-bond acceptors (Lipinski definition) is 6. The van der Waals surface area contributed by atoms with Crippen molar-refractivity contribution in [3.8, 4) is 11.6 Å². The molecule has 4 rings (SSSR count). The van der Waals surface area contributed by atoms with Gasteiger partial charge < -0.3 is 4.74 Å². The molecular weight excluding hydrogens is 436 g/mol. The second-order valence-corrected chi connectivity index (χ2v) is 8.78.